The minimum atomic E-state index is 0.0907. The summed E-state index contributed by atoms with van der Waals surface area (Å²) in [5.41, 5.74) is 1.80. The molecule has 0 radical (unpaired) electrons. The predicted octanol–water partition coefficient (Wildman–Crippen LogP) is 2.52. The molecule has 1 fully saturated rings. The van der Waals surface area contributed by atoms with E-state index in [4.69, 9.17) is 9.47 Å². The monoisotopic (exact) mass is 259 g/mol. The Morgan fingerprint density at radius 3 is 3.11 bits per heavy atom. The summed E-state index contributed by atoms with van der Waals surface area (Å²) in [5, 5.41) is 8.39. The smallest absolute Gasteiger partial charge is 0.144 e. The standard InChI is InChI=1S/C14H17N3O2/c1-2-18-14-7-4-3-6-12(14)17-10-11(15-16-17)13-8-5-9-19-13/h3-4,6-7,10,13H,2,5,8-9H2,1H3. The van der Waals surface area contributed by atoms with E-state index in [1.165, 1.54) is 0 Å². The molecule has 0 N–H and O–H groups in total. The van der Waals surface area contributed by atoms with Gasteiger partial charge in [0.2, 0.25) is 0 Å². The highest BCUT2D eigenvalue weighted by Gasteiger charge is 2.21. The van der Waals surface area contributed by atoms with Crippen molar-refractivity contribution in [1.82, 2.24) is 15.0 Å². The van der Waals surface area contributed by atoms with Gasteiger partial charge in [-0.1, -0.05) is 17.3 Å². The van der Waals surface area contributed by atoms with Gasteiger partial charge in [0.25, 0.3) is 0 Å². The van der Waals surface area contributed by atoms with E-state index in [1.54, 1.807) is 4.68 Å². The first-order valence-corrected chi connectivity index (χ1v) is 6.64. The Morgan fingerprint density at radius 1 is 1.42 bits per heavy atom. The van der Waals surface area contributed by atoms with Crippen molar-refractivity contribution in [1.29, 1.82) is 0 Å². The van der Waals surface area contributed by atoms with Crippen LogP contribution in [0.15, 0.2) is 30.5 Å². The fourth-order valence-electron chi connectivity index (χ4n) is 2.28. The zero-order chi connectivity index (χ0) is 13.1. The maximum Gasteiger partial charge on any atom is 0.144 e. The second kappa shape index (κ2) is 5.40. The van der Waals surface area contributed by atoms with Crippen LogP contribution in [-0.2, 0) is 4.74 Å². The van der Waals surface area contributed by atoms with Crippen LogP contribution in [0.3, 0.4) is 0 Å². The third-order valence-electron chi connectivity index (χ3n) is 3.18. The Hall–Kier alpha value is -1.88. The average molecular weight is 259 g/mol. The molecular weight excluding hydrogens is 242 g/mol. The molecule has 5 heteroatoms. The van der Waals surface area contributed by atoms with Gasteiger partial charge in [-0.15, -0.1) is 5.10 Å². The molecule has 1 atom stereocenters. The zero-order valence-electron chi connectivity index (χ0n) is 11.0. The summed E-state index contributed by atoms with van der Waals surface area (Å²) in [6.45, 7) is 3.41. The number of hydrogen-bond donors (Lipinski definition) is 0. The van der Waals surface area contributed by atoms with Gasteiger partial charge in [0.05, 0.1) is 12.8 Å². The van der Waals surface area contributed by atoms with Gasteiger partial charge in [-0.2, -0.15) is 0 Å². The summed E-state index contributed by atoms with van der Waals surface area (Å²) < 4.78 is 13.0. The lowest BCUT2D eigenvalue weighted by molar-refractivity contribution is 0.108. The second-order valence-corrected chi connectivity index (χ2v) is 4.49. The van der Waals surface area contributed by atoms with Crippen LogP contribution in [0.2, 0.25) is 0 Å². The van der Waals surface area contributed by atoms with Gasteiger partial charge in [-0.3, -0.25) is 0 Å². The Balaban J connectivity index is 1.89. The van der Waals surface area contributed by atoms with Crippen LogP contribution in [0.25, 0.3) is 5.69 Å². The predicted molar refractivity (Wildman–Crippen MR) is 70.5 cm³/mol. The van der Waals surface area contributed by atoms with E-state index in [1.807, 2.05) is 37.4 Å². The van der Waals surface area contributed by atoms with Crippen molar-refractivity contribution in [2.75, 3.05) is 13.2 Å². The molecule has 2 heterocycles. The quantitative estimate of drug-likeness (QED) is 0.846. The molecular formula is C14H17N3O2. The Labute approximate surface area is 112 Å². The molecule has 0 bridgehead atoms. The normalized spacial score (nSPS) is 18.7. The number of para-hydroxylation sites is 2. The van der Waals surface area contributed by atoms with Crippen LogP contribution in [0.1, 0.15) is 31.6 Å². The Morgan fingerprint density at radius 2 is 2.32 bits per heavy atom. The second-order valence-electron chi connectivity index (χ2n) is 4.49. The van der Waals surface area contributed by atoms with Gasteiger partial charge in [-0.25, -0.2) is 4.68 Å². The number of benzene rings is 1. The fourth-order valence-corrected chi connectivity index (χ4v) is 2.28. The molecule has 5 nitrogen and oxygen atoms in total. The van der Waals surface area contributed by atoms with Gasteiger partial charge in [0.1, 0.15) is 23.2 Å². The van der Waals surface area contributed by atoms with E-state index >= 15 is 0 Å². The molecule has 0 amide bonds. The summed E-state index contributed by atoms with van der Waals surface area (Å²) in [5.74, 6) is 0.814. The molecule has 1 aromatic heterocycles. The van der Waals surface area contributed by atoms with Crippen LogP contribution in [0.5, 0.6) is 5.75 Å². The third kappa shape index (κ3) is 2.46. The first-order valence-electron chi connectivity index (χ1n) is 6.64. The van der Waals surface area contributed by atoms with Crippen LogP contribution < -0.4 is 4.74 Å². The van der Waals surface area contributed by atoms with Crippen LogP contribution in [0.4, 0.5) is 0 Å². The lowest BCUT2D eigenvalue weighted by Gasteiger charge is -2.08. The Kier molecular flexibility index (Phi) is 3.46. The Bertz CT molecular complexity index is 547. The summed E-state index contributed by atoms with van der Waals surface area (Å²) in [7, 11) is 0. The van der Waals surface area contributed by atoms with Gasteiger partial charge < -0.3 is 9.47 Å². The molecule has 0 spiro atoms. The van der Waals surface area contributed by atoms with Gasteiger partial charge in [-0.05, 0) is 31.9 Å². The van der Waals surface area contributed by atoms with Crippen molar-refractivity contribution >= 4 is 0 Å². The lowest BCUT2D eigenvalue weighted by atomic mass is 10.2. The van der Waals surface area contributed by atoms with Crippen molar-refractivity contribution in [2.24, 2.45) is 0 Å². The highest BCUT2D eigenvalue weighted by molar-refractivity contribution is 5.45. The maximum absolute atomic E-state index is 5.62. The van der Waals surface area contributed by atoms with Gasteiger partial charge >= 0.3 is 0 Å². The fraction of sp³-hybridized carbons (Fsp3) is 0.429. The van der Waals surface area contributed by atoms with Crippen molar-refractivity contribution in [3.63, 3.8) is 0 Å². The number of nitrogens with zero attached hydrogens (tertiary/aromatic N) is 3. The molecule has 1 saturated heterocycles. The van der Waals surface area contributed by atoms with Crippen molar-refractivity contribution in [3.8, 4) is 11.4 Å². The lowest BCUT2D eigenvalue weighted by Crippen LogP contribution is -2.01. The van der Waals surface area contributed by atoms with E-state index in [-0.39, 0.29) is 6.10 Å². The van der Waals surface area contributed by atoms with Crippen molar-refractivity contribution < 1.29 is 9.47 Å². The first kappa shape index (κ1) is 12.2. The van der Waals surface area contributed by atoms with Crippen molar-refractivity contribution in [3.05, 3.63) is 36.2 Å². The van der Waals surface area contributed by atoms with E-state index < -0.39 is 0 Å². The topological polar surface area (TPSA) is 49.2 Å². The van der Waals surface area contributed by atoms with Crippen molar-refractivity contribution in [2.45, 2.75) is 25.9 Å². The molecule has 1 unspecified atom stereocenters. The average Bonchev–Trinajstić information content (AvgIpc) is 3.11. The summed E-state index contributed by atoms with van der Waals surface area (Å²) in [6, 6.07) is 7.82. The van der Waals surface area contributed by atoms with E-state index in [2.05, 4.69) is 10.3 Å². The number of aromatic nitrogens is 3. The first-order chi connectivity index (χ1) is 9.38. The largest absolute Gasteiger partial charge is 0.492 e. The molecule has 1 aliphatic rings. The highest BCUT2D eigenvalue weighted by atomic mass is 16.5. The molecule has 0 saturated carbocycles. The van der Waals surface area contributed by atoms with Crippen LogP contribution in [0, 0.1) is 0 Å². The molecule has 3 rings (SSSR count). The summed E-state index contributed by atoms with van der Waals surface area (Å²) in [4.78, 5) is 0. The maximum atomic E-state index is 5.62. The summed E-state index contributed by atoms with van der Waals surface area (Å²) in [6.07, 6.45) is 4.13. The summed E-state index contributed by atoms with van der Waals surface area (Å²) >= 11 is 0. The molecule has 1 aliphatic heterocycles. The minimum Gasteiger partial charge on any atom is -0.492 e. The van der Waals surface area contributed by atoms with Gasteiger partial charge in [0, 0.05) is 6.61 Å². The molecule has 2 aromatic rings. The van der Waals surface area contributed by atoms with E-state index in [0.29, 0.717) is 6.61 Å². The minimum absolute atomic E-state index is 0.0907. The van der Waals surface area contributed by atoms with E-state index in [0.717, 1.165) is 36.6 Å². The number of rotatable bonds is 4. The molecule has 0 aliphatic carbocycles. The zero-order valence-corrected chi connectivity index (χ0v) is 11.0. The van der Waals surface area contributed by atoms with Crippen LogP contribution in [-0.4, -0.2) is 28.2 Å². The molecule has 19 heavy (non-hydrogen) atoms. The number of ether oxygens (including phenoxy) is 2. The van der Waals surface area contributed by atoms with Crippen LogP contribution >= 0.6 is 0 Å². The number of hydrogen-bond acceptors (Lipinski definition) is 4. The highest BCUT2D eigenvalue weighted by Crippen LogP contribution is 2.28. The van der Waals surface area contributed by atoms with Gasteiger partial charge in [0.15, 0.2) is 0 Å². The SMILES string of the molecule is CCOc1ccccc1-n1cc(C2CCCO2)nn1. The van der Waals surface area contributed by atoms with E-state index in [9.17, 15) is 0 Å². The molecule has 100 valence electrons. The molecule has 1 aromatic carbocycles. The third-order valence-corrected chi connectivity index (χ3v) is 3.18.